The normalized spacial score (nSPS) is 12.1. The molecule has 0 aliphatic carbocycles. The van der Waals surface area contributed by atoms with Crippen molar-refractivity contribution < 1.29 is 4.42 Å². The predicted octanol–water partition coefficient (Wildman–Crippen LogP) is 11.2. The minimum absolute atomic E-state index is 0.153. The van der Waals surface area contributed by atoms with Crippen LogP contribution in [0.2, 0.25) is 0 Å². The molecule has 0 saturated heterocycles. The summed E-state index contributed by atoms with van der Waals surface area (Å²) < 4.78 is 8.72. The van der Waals surface area contributed by atoms with Crippen LogP contribution in [0.25, 0.3) is 60.6 Å². The zero-order chi connectivity index (χ0) is 33.4. The molecule has 50 heavy (non-hydrogen) atoms. The third-order valence-corrected chi connectivity index (χ3v) is 9.17. The highest BCUT2D eigenvalue weighted by Crippen LogP contribution is 2.37. The van der Waals surface area contributed by atoms with Crippen molar-refractivity contribution >= 4 is 61.6 Å². The molecule has 7 aromatic carbocycles. The molecular formula is C45H30N4O. The average Bonchev–Trinajstić information content (AvgIpc) is 3.73. The quantitative estimate of drug-likeness (QED) is 0.147. The van der Waals surface area contributed by atoms with Crippen molar-refractivity contribution in [3.05, 3.63) is 187 Å². The van der Waals surface area contributed by atoms with Gasteiger partial charge < -0.3 is 8.98 Å². The zero-order valence-corrected chi connectivity index (χ0v) is 27.0. The minimum atomic E-state index is 0.153. The molecule has 0 fully saturated rings. The SMILES string of the molecule is N=C(/N=C(\N=C\c1cccc2oc3ccc(-n4c5ccccc5c5cc(-c6ccccc6)ccc54)cc3c12)c1ccccc1)c1ccccc1. The Bertz CT molecular complexity index is 2760. The maximum Gasteiger partial charge on any atom is 0.161 e. The first kappa shape index (κ1) is 29.3. The average molecular weight is 643 g/mol. The van der Waals surface area contributed by atoms with E-state index >= 15 is 0 Å². The molecule has 0 saturated carbocycles. The van der Waals surface area contributed by atoms with E-state index in [1.54, 1.807) is 0 Å². The molecule has 0 amide bonds. The van der Waals surface area contributed by atoms with Crippen molar-refractivity contribution in [1.82, 2.24) is 4.57 Å². The summed E-state index contributed by atoms with van der Waals surface area (Å²) in [6.45, 7) is 0. The van der Waals surface area contributed by atoms with Gasteiger partial charge in [0, 0.05) is 50.1 Å². The molecule has 9 aromatic rings. The summed E-state index contributed by atoms with van der Waals surface area (Å²) >= 11 is 0. The van der Waals surface area contributed by atoms with Gasteiger partial charge in [0.1, 0.15) is 11.2 Å². The van der Waals surface area contributed by atoms with Gasteiger partial charge in [-0.15, -0.1) is 0 Å². The monoisotopic (exact) mass is 642 g/mol. The largest absolute Gasteiger partial charge is 0.456 e. The molecule has 9 rings (SSSR count). The number of benzene rings is 7. The minimum Gasteiger partial charge on any atom is -0.456 e. The summed E-state index contributed by atoms with van der Waals surface area (Å²) in [5.74, 6) is 0.616. The Morgan fingerprint density at radius 1 is 0.540 bits per heavy atom. The molecule has 2 heterocycles. The van der Waals surface area contributed by atoms with Crippen molar-refractivity contribution in [2.45, 2.75) is 0 Å². The number of hydrogen-bond acceptors (Lipinski definition) is 2. The van der Waals surface area contributed by atoms with E-state index in [-0.39, 0.29) is 5.84 Å². The lowest BCUT2D eigenvalue weighted by molar-refractivity contribution is 0.669. The Labute approximate surface area is 288 Å². The smallest absolute Gasteiger partial charge is 0.161 e. The maximum atomic E-state index is 8.69. The van der Waals surface area contributed by atoms with Gasteiger partial charge in [-0.1, -0.05) is 127 Å². The van der Waals surface area contributed by atoms with Crippen LogP contribution in [-0.2, 0) is 0 Å². The first-order valence-corrected chi connectivity index (χ1v) is 16.6. The van der Waals surface area contributed by atoms with Crippen molar-refractivity contribution in [2.24, 2.45) is 9.98 Å². The molecular weight excluding hydrogens is 613 g/mol. The van der Waals surface area contributed by atoms with Gasteiger partial charge in [0.05, 0.1) is 11.0 Å². The molecule has 0 unspecified atom stereocenters. The Morgan fingerprint density at radius 3 is 2.04 bits per heavy atom. The van der Waals surface area contributed by atoms with E-state index in [2.05, 4.69) is 101 Å². The fraction of sp³-hybridized carbons (Fsp3) is 0. The fourth-order valence-corrected chi connectivity index (χ4v) is 6.80. The lowest BCUT2D eigenvalue weighted by Crippen LogP contribution is -2.04. The van der Waals surface area contributed by atoms with Crippen LogP contribution in [0.5, 0.6) is 0 Å². The number of fused-ring (bicyclic) bond motifs is 6. The van der Waals surface area contributed by atoms with Crippen LogP contribution in [0.1, 0.15) is 16.7 Å². The molecule has 0 atom stereocenters. The van der Waals surface area contributed by atoms with Gasteiger partial charge >= 0.3 is 0 Å². The van der Waals surface area contributed by atoms with Crippen LogP contribution in [-0.4, -0.2) is 22.5 Å². The summed E-state index contributed by atoms with van der Waals surface area (Å²) in [5, 5.41) is 13.1. The van der Waals surface area contributed by atoms with E-state index in [0.29, 0.717) is 5.84 Å². The van der Waals surface area contributed by atoms with Gasteiger partial charge in [-0.25, -0.2) is 9.98 Å². The molecule has 1 N–H and O–H groups in total. The van der Waals surface area contributed by atoms with Crippen LogP contribution in [0.4, 0.5) is 0 Å². The number of rotatable bonds is 5. The van der Waals surface area contributed by atoms with Crippen LogP contribution >= 0.6 is 0 Å². The van der Waals surface area contributed by atoms with Crippen LogP contribution in [0.3, 0.4) is 0 Å². The zero-order valence-electron chi connectivity index (χ0n) is 27.0. The second kappa shape index (κ2) is 12.3. The number of nitrogens with zero attached hydrogens (tertiary/aromatic N) is 3. The van der Waals surface area contributed by atoms with Gasteiger partial charge in [0.25, 0.3) is 0 Å². The highest BCUT2D eigenvalue weighted by Gasteiger charge is 2.16. The Balaban J connectivity index is 1.18. The second-order valence-corrected chi connectivity index (χ2v) is 12.2. The summed E-state index contributed by atoms with van der Waals surface area (Å²) in [7, 11) is 0. The van der Waals surface area contributed by atoms with Crippen LogP contribution in [0.15, 0.2) is 184 Å². The van der Waals surface area contributed by atoms with Crippen molar-refractivity contribution in [2.75, 3.05) is 0 Å². The van der Waals surface area contributed by atoms with E-state index in [4.69, 9.17) is 14.8 Å². The highest BCUT2D eigenvalue weighted by molar-refractivity contribution is 6.18. The van der Waals surface area contributed by atoms with Gasteiger partial charge in [-0.3, -0.25) is 5.41 Å². The molecule has 236 valence electrons. The maximum absolute atomic E-state index is 8.69. The predicted molar refractivity (Wildman–Crippen MR) is 207 cm³/mol. The molecule has 0 aliphatic heterocycles. The number of furan rings is 1. The van der Waals surface area contributed by atoms with E-state index in [0.717, 1.165) is 55.3 Å². The lowest BCUT2D eigenvalue weighted by atomic mass is 10.0. The van der Waals surface area contributed by atoms with Gasteiger partial charge in [0.15, 0.2) is 11.7 Å². The number of amidine groups is 2. The Morgan fingerprint density at radius 2 is 1.24 bits per heavy atom. The van der Waals surface area contributed by atoms with E-state index in [1.807, 2.05) is 85.1 Å². The highest BCUT2D eigenvalue weighted by atomic mass is 16.3. The summed E-state index contributed by atoms with van der Waals surface area (Å²) in [4.78, 5) is 9.56. The topological polar surface area (TPSA) is 66.6 Å². The fourth-order valence-electron chi connectivity index (χ4n) is 6.80. The third kappa shape index (κ3) is 5.18. The number of para-hydroxylation sites is 1. The van der Waals surface area contributed by atoms with E-state index < -0.39 is 0 Å². The van der Waals surface area contributed by atoms with Gasteiger partial charge in [-0.2, -0.15) is 0 Å². The van der Waals surface area contributed by atoms with Gasteiger partial charge in [0.2, 0.25) is 0 Å². The molecule has 0 bridgehead atoms. The summed E-state index contributed by atoms with van der Waals surface area (Å²) in [6.07, 6.45) is 1.83. The Hall–Kier alpha value is -6.85. The summed E-state index contributed by atoms with van der Waals surface area (Å²) in [6, 6.07) is 57.6. The molecule has 2 aromatic heterocycles. The number of aromatic nitrogens is 1. The lowest BCUT2D eigenvalue weighted by Gasteiger charge is -2.09. The van der Waals surface area contributed by atoms with E-state index in [9.17, 15) is 0 Å². The van der Waals surface area contributed by atoms with E-state index in [1.165, 1.54) is 21.9 Å². The van der Waals surface area contributed by atoms with Gasteiger partial charge in [-0.05, 0) is 53.6 Å². The number of hydrogen-bond donors (Lipinski definition) is 1. The number of nitrogens with one attached hydrogen (secondary N) is 1. The molecule has 0 aliphatic rings. The first-order valence-electron chi connectivity index (χ1n) is 16.6. The second-order valence-electron chi connectivity index (χ2n) is 12.2. The standard InChI is InChI=1S/C45H30N4O/c46-44(31-15-6-2-7-16-31)48-45(32-17-8-3-9-18-32)47-29-34-19-12-22-42-43(34)38-28-35(24-26-41(38)50-42)49-39-21-11-10-20-36(39)37-27-33(23-25-40(37)49)30-13-4-1-5-14-30/h1-29,46H/b46-44?,47-29+,48-45-. The molecule has 5 nitrogen and oxygen atoms in total. The first-order chi connectivity index (χ1) is 24.7. The molecule has 0 spiro atoms. The molecule has 0 radical (unpaired) electrons. The van der Waals surface area contributed by atoms with Crippen molar-refractivity contribution in [3.63, 3.8) is 0 Å². The van der Waals surface area contributed by atoms with Crippen LogP contribution < -0.4 is 0 Å². The number of aliphatic imine (C=N–C) groups is 2. The van der Waals surface area contributed by atoms with Crippen molar-refractivity contribution in [1.29, 1.82) is 5.41 Å². The Kier molecular flexibility index (Phi) is 7.21. The third-order valence-electron chi connectivity index (χ3n) is 9.17. The van der Waals surface area contributed by atoms with Crippen LogP contribution in [0, 0.1) is 5.41 Å². The summed E-state index contributed by atoms with van der Waals surface area (Å²) in [5.41, 5.74) is 9.78. The van der Waals surface area contributed by atoms with Crippen molar-refractivity contribution in [3.8, 4) is 16.8 Å². The molecule has 5 heteroatoms.